The van der Waals surface area contributed by atoms with Gasteiger partial charge < -0.3 is 4.74 Å². The van der Waals surface area contributed by atoms with Gasteiger partial charge in [0, 0.05) is 18.5 Å². The van der Waals surface area contributed by atoms with E-state index >= 15 is 0 Å². The molecule has 1 N–H and O–H groups in total. The summed E-state index contributed by atoms with van der Waals surface area (Å²) in [4.78, 5) is 11.5. The standard InChI is InChI=1S/C18H19N3O4S/c1-3-21-17-9-4-13(10-15(17)12-19-21)11-20-26(23,24)16-7-5-14(6-8-16)18(22)25-2/h4-10,12,20H,3,11H2,1-2H3. The largest absolute Gasteiger partial charge is 0.465 e. The van der Waals surface area contributed by atoms with Crippen LogP contribution in [-0.4, -0.2) is 31.3 Å². The number of sulfonamides is 1. The maximum absolute atomic E-state index is 12.4. The van der Waals surface area contributed by atoms with Gasteiger partial charge in [-0.2, -0.15) is 5.10 Å². The lowest BCUT2D eigenvalue weighted by Crippen LogP contribution is -2.23. The number of nitrogens with one attached hydrogen (secondary N) is 1. The Bertz CT molecular complexity index is 1040. The molecule has 0 aliphatic heterocycles. The van der Waals surface area contributed by atoms with Crippen LogP contribution in [0.3, 0.4) is 0 Å². The summed E-state index contributed by atoms with van der Waals surface area (Å²) < 4.78 is 33.9. The van der Waals surface area contributed by atoms with Gasteiger partial charge in [0.25, 0.3) is 0 Å². The highest BCUT2D eigenvalue weighted by atomic mass is 32.2. The topological polar surface area (TPSA) is 90.3 Å². The number of rotatable bonds is 6. The highest BCUT2D eigenvalue weighted by Gasteiger charge is 2.15. The summed E-state index contributed by atoms with van der Waals surface area (Å²) >= 11 is 0. The molecule has 8 heteroatoms. The minimum atomic E-state index is -3.68. The number of fused-ring (bicyclic) bond motifs is 1. The molecule has 0 aliphatic rings. The van der Waals surface area contributed by atoms with Gasteiger partial charge in [-0.05, 0) is 48.9 Å². The number of nitrogens with zero attached hydrogens (tertiary/aromatic N) is 2. The van der Waals surface area contributed by atoms with Crippen molar-refractivity contribution in [1.82, 2.24) is 14.5 Å². The molecule has 0 radical (unpaired) electrons. The molecular weight excluding hydrogens is 354 g/mol. The molecular formula is C18H19N3O4S. The molecule has 0 unspecified atom stereocenters. The fourth-order valence-corrected chi connectivity index (χ4v) is 3.67. The molecule has 0 fully saturated rings. The molecule has 26 heavy (non-hydrogen) atoms. The van der Waals surface area contributed by atoms with Crippen LogP contribution < -0.4 is 4.72 Å². The number of aromatic nitrogens is 2. The molecule has 0 atom stereocenters. The van der Waals surface area contributed by atoms with Gasteiger partial charge in [-0.25, -0.2) is 17.9 Å². The fourth-order valence-electron chi connectivity index (χ4n) is 2.65. The minimum Gasteiger partial charge on any atom is -0.465 e. The molecule has 136 valence electrons. The summed E-state index contributed by atoms with van der Waals surface area (Å²) in [6, 6.07) is 11.3. The predicted octanol–water partition coefficient (Wildman–Crippen LogP) is 2.32. The van der Waals surface area contributed by atoms with Crippen molar-refractivity contribution in [3.8, 4) is 0 Å². The van der Waals surface area contributed by atoms with Gasteiger partial charge in [-0.15, -0.1) is 0 Å². The molecule has 7 nitrogen and oxygen atoms in total. The van der Waals surface area contributed by atoms with Crippen LogP contribution in [0.25, 0.3) is 10.9 Å². The monoisotopic (exact) mass is 373 g/mol. The summed E-state index contributed by atoms with van der Waals surface area (Å²) in [6.45, 7) is 2.95. The Balaban J connectivity index is 1.74. The third-order valence-corrected chi connectivity index (χ3v) is 5.47. The molecule has 3 aromatic rings. The molecule has 0 saturated heterocycles. The van der Waals surface area contributed by atoms with Crippen molar-refractivity contribution in [3.63, 3.8) is 0 Å². The summed E-state index contributed by atoms with van der Waals surface area (Å²) in [7, 11) is -2.41. The summed E-state index contributed by atoms with van der Waals surface area (Å²) in [5, 5.41) is 5.24. The van der Waals surface area contributed by atoms with Gasteiger partial charge in [0.05, 0.1) is 29.3 Å². The van der Waals surface area contributed by atoms with Crippen molar-refractivity contribution in [3.05, 3.63) is 59.8 Å². The van der Waals surface area contributed by atoms with Crippen LogP contribution in [0.15, 0.2) is 53.6 Å². The number of methoxy groups -OCH3 is 1. The smallest absolute Gasteiger partial charge is 0.337 e. The van der Waals surface area contributed by atoms with E-state index in [1.807, 2.05) is 29.8 Å². The summed E-state index contributed by atoms with van der Waals surface area (Å²) in [5.41, 5.74) is 2.14. The van der Waals surface area contributed by atoms with E-state index in [1.54, 1.807) is 6.20 Å². The molecule has 0 amide bonds. The predicted molar refractivity (Wildman–Crippen MR) is 97.2 cm³/mol. The van der Waals surface area contributed by atoms with Crippen LogP contribution in [0.4, 0.5) is 0 Å². The van der Waals surface area contributed by atoms with Gasteiger partial charge in [0.1, 0.15) is 0 Å². The highest BCUT2D eigenvalue weighted by Crippen LogP contribution is 2.17. The number of esters is 1. The van der Waals surface area contributed by atoms with E-state index in [-0.39, 0.29) is 11.4 Å². The Morgan fingerprint density at radius 1 is 1.19 bits per heavy atom. The SMILES string of the molecule is CCn1ncc2cc(CNS(=O)(=O)c3ccc(C(=O)OC)cc3)ccc21. The number of hydrogen-bond acceptors (Lipinski definition) is 5. The lowest BCUT2D eigenvalue weighted by atomic mass is 10.1. The third-order valence-electron chi connectivity index (χ3n) is 4.06. The van der Waals surface area contributed by atoms with E-state index in [4.69, 9.17) is 0 Å². The van der Waals surface area contributed by atoms with E-state index in [9.17, 15) is 13.2 Å². The van der Waals surface area contributed by atoms with Crippen LogP contribution in [0, 0.1) is 0 Å². The minimum absolute atomic E-state index is 0.0880. The number of hydrogen-bond donors (Lipinski definition) is 1. The fraction of sp³-hybridized carbons (Fsp3) is 0.222. The molecule has 3 rings (SSSR count). The van der Waals surface area contributed by atoms with Gasteiger partial charge in [0.2, 0.25) is 10.0 Å². The number of carbonyl (C=O) groups is 1. The maximum Gasteiger partial charge on any atom is 0.337 e. The quantitative estimate of drug-likeness (QED) is 0.670. The number of carbonyl (C=O) groups excluding carboxylic acids is 1. The van der Waals surface area contributed by atoms with Crippen molar-refractivity contribution >= 4 is 26.9 Å². The summed E-state index contributed by atoms with van der Waals surface area (Å²) in [6.07, 6.45) is 1.77. The van der Waals surface area contributed by atoms with Crippen molar-refractivity contribution < 1.29 is 17.9 Å². The first-order valence-electron chi connectivity index (χ1n) is 8.07. The van der Waals surface area contributed by atoms with Gasteiger partial charge in [-0.1, -0.05) is 6.07 Å². The van der Waals surface area contributed by atoms with Crippen molar-refractivity contribution in [2.75, 3.05) is 7.11 Å². The average molecular weight is 373 g/mol. The van der Waals surface area contributed by atoms with Crippen LogP contribution >= 0.6 is 0 Å². The second-order valence-electron chi connectivity index (χ2n) is 5.69. The lowest BCUT2D eigenvalue weighted by Gasteiger charge is -2.08. The van der Waals surface area contributed by atoms with E-state index in [2.05, 4.69) is 14.6 Å². The lowest BCUT2D eigenvalue weighted by molar-refractivity contribution is 0.0600. The zero-order valence-corrected chi connectivity index (χ0v) is 15.3. The zero-order chi connectivity index (χ0) is 18.7. The molecule has 0 spiro atoms. The maximum atomic E-state index is 12.4. The van der Waals surface area contributed by atoms with E-state index in [0.717, 1.165) is 23.0 Å². The Labute approximate surface area is 151 Å². The second-order valence-corrected chi connectivity index (χ2v) is 7.46. The first-order valence-corrected chi connectivity index (χ1v) is 9.55. The van der Waals surface area contributed by atoms with Crippen molar-refractivity contribution in [2.24, 2.45) is 0 Å². The van der Waals surface area contributed by atoms with Crippen molar-refractivity contribution in [2.45, 2.75) is 24.9 Å². The van der Waals surface area contributed by atoms with Crippen LogP contribution in [-0.2, 0) is 27.8 Å². The summed E-state index contributed by atoms with van der Waals surface area (Å²) in [5.74, 6) is -0.511. The number of aryl methyl sites for hydroxylation is 1. The third kappa shape index (κ3) is 3.61. The van der Waals surface area contributed by atoms with Crippen molar-refractivity contribution in [1.29, 1.82) is 0 Å². The Morgan fingerprint density at radius 3 is 2.58 bits per heavy atom. The van der Waals surface area contributed by atoms with Crippen LogP contribution in [0.2, 0.25) is 0 Å². The van der Waals surface area contributed by atoms with E-state index < -0.39 is 16.0 Å². The number of ether oxygens (including phenoxy) is 1. The second kappa shape index (κ2) is 7.27. The van der Waals surface area contributed by atoms with E-state index in [0.29, 0.717) is 5.56 Å². The normalized spacial score (nSPS) is 11.6. The van der Waals surface area contributed by atoms with Gasteiger partial charge in [-0.3, -0.25) is 4.68 Å². The first-order chi connectivity index (χ1) is 12.4. The number of benzene rings is 2. The average Bonchev–Trinajstić information content (AvgIpc) is 3.08. The zero-order valence-electron chi connectivity index (χ0n) is 14.5. The van der Waals surface area contributed by atoms with Gasteiger partial charge >= 0.3 is 5.97 Å². The molecule has 1 aromatic heterocycles. The Morgan fingerprint density at radius 2 is 1.92 bits per heavy atom. The Kier molecular flexibility index (Phi) is 5.06. The van der Waals surface area contributed by atoms with Crippen LogP contribution in [0.5, 0.6) is 0 Å². The highest BCUT2D eigenvalue weighted by molar-refractivity contribution is 7.89. The molecule has 0 aliphatic carbocycles. The van der Waals surface area contributed by atoms with Crippen LogP contribution in [0.1, 0.15) is 22.8 Å². The Hall–Kier alpha value is -2.71. The molecule has 1 heterocycles. The molecule has 0 saturated carbocycles. The van der Waals surface area contributed by atoms with E-state index in [1.165, 1.54) is 31.4 Å². The first kappa shape index (κ1) is 18.1. The molecule has 2 aromatic carbocycles. The molecule has 0 bridgehead atoms. The van der Waals surface area contributed by atoms with Gasteiger partial charge in [0.15, 0.2) is 0 Å².